The molecule has 0 saturated carbocycles. The molecule has 84 valence electrons. The third-order valence-corrected chi connectivity index (χ3v) is 2.61. The van der Waals surface area contributed by atoms with Gasteiger partial charge in [0.25, 0.3) is 0 Å². The molecule has 0 amide bonds. The van der Waals surface area contributed by atoms with Gasteiger partial charge < -0.3 is 0 Å². The van der Waals surface area contributed by atoms with Crippen LogP contribution in [0.1, 0.15) is 11.4 Å². The predicted molar refractivity (Wildman–Crippen MR) is 73.6 cm³/mol. The van der Waals surface area contributed by atoms with E-state index in [0.717, 1.165) is 11.4 Å². The zero-order valence-corrected chi connectivity index (χ0v) is 10.0. The van der Waals surface area contributed by atoms with Crippen molar-refractivity contribution >= 4 is 23.5 Å². The summed E-state index contributed by atoms with van der Waals surface area (Å²) in [5.74, 6) is 0. The van der Waals surface area contributed by atoms with Gasteiger partial charge in [0, 0.05) is 11.6 Å². The molecule has 0 bridgehead atoms. The minimum absolute atomic E-state index is 0.959. The Hall–Kier alpha value is -2.00. The minimum atomic E-state index is 0.959. The predicted octanol–water partition coefficient (Wildman–Crippen LogP) is 3.82. The number of hydrogen-bond donors (Lipinski definition) is 0. The van der Waals surface area contributed by atoms with Crippen LogP contribution < -0.4 is 0 Å². The zero-order valence-electron chi connectivity index (χ0n) is 9.23. The van der Waals surface area contributed by atoms with E-state index < -0.39 is 0 Å². The lowest BCUT2D eigenvalue weighted by Gasteiger charge is -1.87. The fraction of sp³-hybridized carbons (Fsp3) is 0. The molecule has 2 aromatic rings. The normalized spacial score (nSPS) is 12.0. The van der Waals surface area contributed by atoms with Gasteiger partial charge in [0.1, 0.15) is 0 Å². The first kappa shape index (κ1) is 11.5. The Morgan fingerprint density at radius 3 is 2.35 bits per heavy atom. The number of rotatable bonds is 4. The second-order valence-corrected chi connectivity index (χ2v) is 3.99. The van der Waals surface area contributed by atoms with Crippen LogP contribution in [0, 0.1) is 0 Å². The first-order valence-electron chi connectivity index (χ1n) is 5.26. The van der Waals surface area contributed by atoms with Gasteiger partial charge in [-0.25, -0.2) is 4.98 Å². The van der Waals surface area contributed by atoms with E-state index in [0.29, 0.717) is 0 Å². The maximum atomic E-state index is 4.19. The van der Waals surface area contributed by atoms with Crippen LogP contribution in [0.25, 0.3) is 12.2 Å². The van der Waals surface area contributed by atoms with Crippen LogP contribution >= 0.6 is 11.3 Å². The number of allylic oxidation sites excluding steroid dienone is 4. The van der Waals surface area contributed by atoms with Gasteiger partial charge in [-0.05, 0) is 24.3 Å². The lowest BCUT2D eigenvalue weighted by Crippen LogP contribution is -1.74. The Morgan fingerprint density at radius 2 is 1.71 bits per heavy atom. The van der Waals surface area contributed by atoms with Crippen LogP contribution in [0.3, 0.4) is 0 Å². The average molecular weight is 240 g/mol. The molecule has 2 rings (SSSR count). The highest BCUT2D eigenvalue weighted by Crippen LogP contribution is 2.02. The molecule has 0 unspecified atom stereocenters. The molecule has 0 saturated heterocycles. The summed E-state index contributed by atoms with van der Waals surface area (Å²) < 4.78 is 0. The molecule has 2 nitrogen and oxygen atoms in total. The van der Waals surface area contributed by atoms with Crippen LogP contribution in [0.2, 0.25) is 0 Å². The number of aromatic nitrogens is 2. The molecule has 0 aliphatic rings. The van der Waals surface area contributed by atoms with Crippen molar-refractivity contribution < 1.29 is 0 Å². The Bertz CT molecular complexity index is 510. The van der Waals surface area contributed by atoms with E-state index >= 15 is 0 Å². The Kier molecular flexibility index (Phi) is 4.43. The lowest BCUT2D eigenvalue weighted by molar-refractivity contribution is 1.30. The highest BCUT2D eigenvalue weighted by molar-refractivity contribution is 7.07. The van der Waals surface area contributed by atoms with Crippen LogP contribution in [0.15, 0.2) is 59.6 Å². The van der Waals surface area contributed by atoms with E-state index in [2.05, 4.69) is 9.97 Å². The van der Waals surface area contributed by atoms with Gasteiger partial charge >= 0.3 is 0 Å². The molecule has 2 aromatic heterocycles. The van der Waals surface area contributed by atoms with Gasteiger partial charge in [0.15, 0.2) is 0 Å². The van der Waals surface area contributed by atoms with E-state index in [1.807, 2.05) is 65.5 Å². The van der Waals surface area contributed by atoms with E-state index in [-0.39, 0.29) is 0 Å². The molecule has 0 spiro atoms. The van der Waals surface area contributed by atoms with E-state index in [9.17, 15) is 0 Å². The van der Waals surface area contributed by atoms with E-state index in [4.69, 9.17) is 0 Å². The summed E-state index contributed by atoms with van der Waals surface area (Å²) in [6.07, 6.45) is 13.6. The van der Waals surface area contributed by atoms with Crippen LogP contribution in [-0.2, 0) is 0 Å². The SMILES string of the molecule is C(=CC=Cc1cscn1)C=Cc1ccccn1. The average Bonchev–Trinajstić information content (AvgIpc) is 2.88. The maximum absolute atomic E-state index is 4.19. The van der Waals surface area contributed by atoms with Gasteiger partial charge in [-0.3, -0.25) is 4.98 Å². The summed E-state index contributed by atoms with van der Waals surface area (Å²) in [4.78, 5) is 8.34. The van der Waals surface area contributed by atoms with Crippen molar-refractivity contribution in [2.75, 3.05) is 0 Å². The van der Waals surface area contributed by atoms with Crippen molar-refractivity contribution in [1.29, 1.82) is 0 Å². The molecular formula is C14H12N2S. The number of hydrogen-bond acceptors (Lipinski definition) is 3. The van der Waals surface area contributed by atoms with Crippen molar-refractivity contribution in [2.24, 2.45) is 0 Å². The molecule has 0 aliphatic carbocycles. The third-order valence-electron chi connectivity index (χ3n) is 2.01. The second kappa shape index (κ2) is 6.55. The summed E-state index contributed by atoms with van der Waals surface area (Å²) in [6.45, 7) is 0. The molecule has 17 heavy (non-hydrogen) atoms. The van der Waals surface area contributed by atoms with E-state index in [1.165, 1.54) is 0 Å². The monoisotopic (exact) mass is 240 g/mol. The quantitative estimate of drug-likeness (QED) is 0.759. The second-order valence-electron chi connectivity index (χ2n) is 3.27. The third kappa shape index (κ3) is 4.17. The van der Waals surface area contributed by atoms with Gasteiger partial charge in [0.05, 0.1) is 16.9 Å². The molecule has 0 aliphatic heterocycles. The van der Waals surface area contributed by atoms with E-state index in [1.54, 1.807) is 17.5 Å². The zero-order chi connectivity index (χ0) is 11.8. The molecule has 3 heteroatoms. The topological polar surface area (TPSA) is 25.8 Å². The summed E-state index contributed by atoms with van der Waals surface area (Å²) in [5, 5.41) is 2.01. The first-order valence-corrected chi connectivity index (χ1v) is 6.20. The molecule has 0 aromatic carbocycles. The van der Waals surface area contributed by atoms with Gasteiger partial charge in [-0.15, -0.1) is 11.3 Å². The van der Waals surface area contributed by atoms with Crippen molar-refractivity contribution in [2.45, 2.75) is 0 Å². The van der Waals surface area contributed by atoms with Crippen molar-refractivity contribution in [3.8, 4) is 0 Å². The smallest absolute Gasteiger partial charge is 0.0798 e. The lowest BCUT2D eigenvalue weighted by atomic mass is 10.3. The Labute approximate surface area is 105 Å². The van der Waals surface area contributed by atoms with Gasteiger partial charge in [-0.2, -0.15) is 0 Å². The van der Waals surface area contributed by atoms with Gasteiger partial charge in [0.2, 0.25) is 0 Å². The Balaban J connectivity index is 1.84. The van der Waals surface area contributed by atoms with Crippen molar-refractivity contribution in [3.63, 3.8) is 0 Å². The number of pyridine rings is 1. The fourth-order valence-electron chi connectivity index (χ4n) is 1.22. The maximum Gasteiger partial charge on any atom is 0.0798 e. The summed E-state index contributed by atoms with van der Waals surface area (Å²) in [5.41, 5.74) is 3.78. The largest absolute Gasteiger partial charge is 0.257 e. The first-order chi connectivity index (χ1) is 8.45. The molecule has 2 heterocycles. The molecule has 0 radical (unpaired) electrons. The number of nitrogens with zero attached hydrogens (tertiary/aromatic N) is 2. The van der Waals surface area contributed by atoms with Crippen molar-refractivity contribution in [3.05, 3.63) is 71.0 Å². The summed E-state index contributed by atoms with van der Waals surface area (Å²) in [7, 11) is 0. The summed E-state index contributed by atoms with van der Waals surface area (Å²) in [6, 6.07) is 5.84. The van der Waals surface area contributed by atoms with Crippen molar-refractivity contribution in [1.82, 2.24) is 9.97 Å². The molecule has 0 atom stereocenters. The minimum Gasteiger partial charge on any atom is -0.257 e. The highest BCUT2D eigenvalue weighted by atomic mass is 32.1. The highest BCUT2D eigenvalue weighted by Gasteiger charge is 1.83. The van der Waals surface area contributed by atoms with Crippen LogP contribution in [0.4, 0.5) is 0 Å². The molecular weight excluding hydrogens is 228 g/mol. The standard InChI is InChI=1S/C14H12N2S/c1(2-4-9-14-11-17-12-16-14)3-7-13-8-5-6-10-15-13/h1-12H. The number of thiazole rings is 1. The molecule has 0 N–H and O–H groups in total. The fourth-order valence-corrected chi connectivity index (χ4v) is 1.74. The summed E-state index contributed by atoms with van der Waals surface area (Å²) >= 11 is 1.60. The molecule has 0 fully saturated rings. The Morgan fingerprint density at radius 1 is 0.882 bits per heavy atom. The van der Waals surface area contributed by atoms with Gasteiger partial charge in [-0.1, -0.05) is 30.4 Å². The van der Waals surface area contributed by atoms with Crippen LogP contribution in [0.5, 0.6) is 0 Å². The van der Waals surface area contributed by atoms with Crippen LogP contribution in [-0.4, -0.2) is 9.97 Å².